The fourth-order valence-corrected chi connectivity index (χ4v) is 2.70. The number of thiophene rings is 1. The van der Waals surface area contributed by atoms with Crippen LogP contribution in [0.3, 0.4) is 0 Å². The van der Waals surface area contributed by atoms with Crippen molar-refractivity contribution in [2.45, 2.75) is 5.92 Å². The molecule has 1 heterocycles. The van der Waals surface area contributed by atoms with Gasteiger partial charge in [0.15, 0.2) is 0 Å². The van der Waals surface area contributed by atoms with Crippen LogP contribution in [0.5, 0.6) is 0 Å². The van der Waals surface area contributed by atoms with Crippen molar-refractivity contribution in [3.05, 3.63) is 50.6 Å². The summed E-state index contributed by atoms with van der Waals surface area (Å²) in [7, 11) is 0. The fourth-order valence-electron chi connectivity index (χ4n) is 1.32. The van der Waals surface area contributed by atoms with E-state index in [0.717, 1.165) is 11.3 Å². The first-order valence-electron chi connectivity index (χ1n) is 4.50. The molecule has 2 rings (SSSR count). The van der Waals surface area contributed by atoms with E-state index in [0.29, 0.717) is 9.47 Å². The first-order valence-corrected chi connectivity index (χ1v) is 6.11. The van der Waals surface area contributed by atoms with Gasteiger partial charge in [-0.1, -0.05) is 12.1 Å². The zero-order valence-electron chi connectivity index (χ0n) is 8.08. The second-order valence-corrected chi connectivity index (χ2v) is 5.76. The summed E-state index contributed by atoms with van der Waals surface area (Å²) in [4.78, 5) is 0.0177. The Kier molecular flexibility index (Phi) is 2.99. The lowest BCUT2D eigenvalue weighted by atomic mass is 10.1. The van der Waals surface area contributed by atoms with Crippen molar-refractivity contribution < 1.29 is 8.78 Å². The molecule has 0 aliphatic rings. The van der Waals surface area contributed by atoms with Crippen LogP contribution in [-0.4, -0.2) is 0 Å². The number of benzene rings is 1. The maximum absolute atomic E-state index is 14.0. The molecule has 1 aromatic carbocycles. The van der Waals surface area contributed by atoms with E-state index in [2.05, 4.69) is 15.9 Å². The minimum atomic E-state index is -2.97. The van der Waals surface area contributed by atoms with E-state index < -0.39 is 5.92 Å². The molecular formula is C11H8BrF2NS. The van der Waals surface area contributed by atoms with E-state index in [1.807, 2.05) is 0 Å². The molecule has 84 valence electrons. The number of rotatable bonds is 2. The molecule has 0 unspecified atom stereocenters. The Bertz CT molecular complexity index is 493. The lowest BCUT2D eigenvalue weighted by Gasteiger charge is -2.14. The zero-order valence-corrected chi connectivity index (χ0v) is 10.5. The molecule has 1 aromatic heterocycles. The van der Waals surface area contributed by atoms with Crippen molar-refractivity contribution in [2.24, 2.45) is 0 Å². The molecule has 0 amide bonds. The van der Waals surface area contributed by atoms with Crippen molar-refractivity contribution in [2.75, 3.05) is 5.73 Å². The largest absolute Gasteiger partial charge is 0.399 e. The van der Waals surface area contributed by atoms with E-state index in [-0.39, 0.29) is 10.4 Å². The summed E-state index contributed by atoms with van der Waals surface area (Å²) >= 11 is 4.20. The van der Waals surface area contributed by atoms with Crippen molar-refractivity contribution in [1.82, 2.24) is 0 Å². The Morgan fingerprint density at radius 3 is 2.19 bits per heavy atom. The Morgan fingerprint density at radius 1 is 1.06 bits per heavy atom. The van der Waals surface area contributed by atoms with Gasteiger partial charge in [0.25, 0.3) is 0 Å². The molecule has 5 heteroatoms. The van der Waals surface area contributed by atoms with E-state index in [4.69, 9.17) is 5.73 Å². The number of nitrogens with two attached hydrogens (primary N) is 1. The Labute approximate surface area is 104 Å². The highest BCUT2D eigenvalue weighted by molar-refractivity contribution is 9.11. The highest BCUT2D eigenvalue weighted by Crippen LogP contribution is 2.40. The molecule has 0 bridgehead atoms. The third kappa shape index (κ3) is 2.10. The van der Waals surface area contributed by atoms with Crippen molar-refractivity contribution in [3.8, 4) is 0 Å². The average Bonchev–Trinajstić information content (AvgIpc) is 2.66. The molecule has 2 N–H and O–H groups in total. The Morgan fingerprint density at radius 2 is 1.69 bits per heavy atom. The summed E-state index contributed by atoms with van der Waals surface area (Å²) in [5, 5.41) is 0. The monoisotopic (exact) mass is 303 g/mol. The Hall–Kier alpha value is -0.940. The molecule has 0 saturated heterocycles. The van der Waals surface area contributed by atoms with Crippen LogP contribution >= 0.6 is 27.3 Å². The van der Waals surface area contributed by atoms with Crippen LogP contribution in [-0.2, 0) is 5.92 Å². The van der Waals surface area contributed by atoms with Crippen LogP contribution in [0.25, 0.3) is 0 Å². The van der Waals surface area contributed by atoms with Gasteiger partial charge in [0, 0.05) is 11.3 Å². The quantitative estimate of drug-likeness (QED) is 0.825. The highest BCUT2D eigenvalue weighted by atomic mass is 79.9. The van der Waals surface area contributed by atoms with Crippen LogP contribution in [0.15, 0.2) is 40.2 Å². The normalized spacial score (nSPS) is 11.7. The molecule has 0 radical (unpaired) electrons. The number of hydrogen-bond donors (Lipinski definition) is 1. The molecular weight excluding hydrogens is 296 g/mol. The molecule has 16 heavy (non-hydrogen) atoms. The molecule has 0 atom stereocenters. The number of halogens is 3. The maximum Gasteiger partial charge on any atom is 0.307 e. The summed E-state index contributed by atoms with van der Waals surface area (Å²) in [6.45, 7) is 0. The maximum atomic E-state index is 14.0. The summed E-state index contributed by atoms with van der Waals surface area (Å²) in [6, 6.07) is 8.69. The Balaban J connectivity index is 2.42. The SMILES string of the molecule is Nc1ccc(C(F)(F)c2ccc(Br)s2)cc1. The first kappa shape index (κ1) is 11.5. The summed E-state index contributed by atoms with van der Waals surface area (Å²) < 4.78 is 28.7. The standard InChI is InChI=1S/C11H8BrF2NS/c12-10-6-5-9(16-10)11(13,14)7-1-3-8(15)4-2-7/h1-6H,15H2. The zero-order chi connectivity index (χ0) is 11.8. The van der Waals surface area contributed by atoms with E-state index in [9.17, 15) is 8.78 Å². The van der Waals surface area contributed by atoms with Gasteiger partial charge >= 0.3 is 5.92 Å². The molecule has 2 aromatic rings. The van der Waals surface area contributed by atoms with Crippen LogP contribution in [0.2, 0.25) is 0 Å². The summed E-state index contributed by atoms with van der Waals surface area (Å²) in [5.41, 5.74) is 5.90. The second kappa shape index (κ2) is 4.14. The molecule has 0 aliphatic carbocycles. The van der Waals surface area contributed by atoms with Gasteiger partial charge in [0.2, 0.25) is 0 Å². The van der Waals surface area contributed by atoms with Crippen molar-refractivity contribution >= 4 is 33.0 Å². The number of alkyl halides is 2. The van der Waals surface area contributed by atoms with Gasteiger partial charge in [-0.15, -0.1) is 11.3 Å². The number of anilines is 1. The molecule has 0 saturated carbocycles. The molecule has 1 nitrogen and oxygen atoms in total. The van der Waals surface area contributed by atoms with Gasteiger partial charge < -0.3 is 5.73 Å². The van der Waals surface area contributed by atoms with E-state index >= 15 is 0 Å². The van der Waals surface area contributed by atoms with Crippen LogP contribution in [0, 0.1) is 0 Å². The lowest BCUT2D eigenvalue weighted by molar-refractivity contribution is 0.0470. The van der Waals surface area contributed by atoms with Gasteiger partial charge in [0.05, 0.1) is 8.66 Å². The van der Waals surface area contributed by atoms with Gasteiger partial charge in [-0.25, -0.2) is 0 Å². The third-order valence-electron chi connectivity index (χ3n) is 2.16. The second-order valence-electron chi connectivity index (χ2n) is 3.30. The lowest BCUT2D eigenvalue weighted by Crippen LogP contribution is -2.13. The van der Waals surface area contributed by atoms with Crippen LogP contribution in [0.4, 0.5) is 14.5 Å². The smallest absolute Gasteiger partial charge is 0.307 e. The minimum absolute atomic E-state index is 0.0177. The van der Waals surface area contributed by atoms with Crippen molar-refractivity contribution in [1.29, 1.82) is 0 Å². The number of hydrogen-bond acceptors (Lipinski definition) is 2. The predicted octanol–water partition coefficient (Wildman–Crippen LogP) is 4.23. The fraction of sp³-hybridized carbons (Fsp3) is 0.0909. The molecule has 0 aliphatic heterocycles. The van der Waals surface area contributed by atoms with Gasteiger partial charge in [-0.05, 0) is 40.2 Å². The van der Waals surface area contributed by atoms with E-state index in [1.54, 1.807) is 6.07 Å². The topological polar surface area (TPSA) is 26.0 Å². The van der Waals surface area contributed by atoms with Gasteiger partial charge in [0.1, 0.15) is 0 Å². The third-order valence-corrected chi connectivity index (χ3v) is 3.85. The summed E-state index contributed by atoms with van der Waals surface area (Å²) in [5.74, 6) is -2.97. The summed E-state index contributed by atoms with van der Waals surface area (Å²) in [6.07, 6.45) is 0. The van der Waals surface area contributed by atoms with Crippen LogP contribution in [0.1, 0.15) is 10.4 Å². The van der Waals surface area contributed by atoms with Gasteiger partial charge in [-0.2, -0.15) is 8.78 Å². The molecule has 0 spiro atoms. The highest BCUT2D eigenvalue weighted by Gasteiger charge is 2.35. The van der Waals surface area contributed by atoms with Crippen LogP contribution < -0.4 is 5.73 Å². The van der Waals surface area contributed by atoms with E-state index in [1.165, 1.54) is 30.3 Å². The average molecular weight is 304 g/mol. The van der Waals surface area contributed by atoms with Crippen molar-refractivity contribution in [3.63, 3.8) is 0 Å². The van der Waals surface area contributed by atoms with Gasteiger partial charge in [-0.3, -0.25) is 0 Å². The minimum Gasteiger partial charge on any atom is -0.399 e. The number of nitrogen functional groups attached to an aromatic ring is 1. The first-order chi connectivity index (χ1) is 7.50. The predicted molar refractivity (Wildman–Crippen MR) is 65.9 cm³/mol. The molecule has 0 fully saturated rings.